The molecule has 0 radical (unpaired) electrons. The van der Waals surface area contributed by atoms with Crippen molar-refractivity contribution in [2.75, 3.05) is 0 Å². The summed E-state index contributed by atoms with van der Waals surface area (Å²) in [7, 11) is 0. The van der Waals surface area contributed by atoms with E-state index in [1.165, 1.54) is 25.7 Å². The molecule has 182 valence electrons. The van der Waals surface area contributed by atoms with Gasteiger partial charge in [-0.2, -0.15) is 0 Å². The zero-order chi connectivity index (χ0) is 24.8. The van der Waals surface area contributed by atoms with E-state index in [1.807, 2.05) is 26.0 Å². The molecule has 0 fully saturated rings. The standard InChI is InChI=1S/C30H34N2O2Se/c1-21(2)31-29(34)12-8-5-9-19-32-28-18-15-24(33)20-27(28)22(3)30(32)23-13-16-26(17-14-23)35-25-10-6-4-7-11-25/h4,6-7,10-11,13-18,20-21,33H,5,8-9,12,19H2,1-3H3,(H,31,34). The van der Waals surface area contributed by atoms with Crippen LogP contribution in [0.3, 0.4) is 0 Å². The van der Waals surface area contributed by atoms with E-state index in [2.05, 4.69) is 71.4 Å². The van der Waals surface area contributed by atoms with Gasteiger partial charge in [-0.1, -0.05) is 0 Å². The van der Waals surface area contributed by atoms with Gasteiger partial charge >= 0.3 is 185 Å². The number of fused-ring (bicyclic) bond motifs is 1. The molecule has 0 bridgehead atoms. The zero-order valence-electron chi connectivity index (χ0n) is 20.8. The number of hydrogen-bond acceptors (Lipinski definition) is 2. The summed E-state index contributed by atoms with van der Waals surface area (Å²) in [4.78, 5) is 11.9. The van der Waals surface area contributed by atoms with Crippen LogP contribution in [0.4, 0.5) is 0 Å². The molecule has 0 spiro atoms. The van der Waals surface area contributed by atoms with Crippen molar-refractivity contribution in [3.63, 3.8) is 0 Å². The molecule has 1 amide bonds. The van der Waals surface area contributed by atoms with Crippen molar-refractivity contribution in [2.24, 2.45) is 0 Å². The third-order valence-corrected chi connectivity index (χ3v) is 8.27. The van der Waals surface area contributed by atoms with Gasteiger partial charge < -0.3 is 5.32 Å². The van der Waals surface area contributed by atoms with Gasteiger partial charge in [0.25, 0.3) is 0 Å². The first-order valence-corrected chi connectivity index (χ1v) is 14.1. The first kappa shape index (κ1) is 25.1. The summed E-state index contributed by atoms with van der Waals surface area (Å²) in [6.45, 7) is 7.01. The number of benzene rings is 3. The Kier molecular flexibility index (Phi) is 8.33. The van der Waals surface area contributed by atoms with Crippen molar-refractivity contribution in [3.05, 3.63) is 78.4 Å². The molecule has 0 saturated carbocycles. The zero-order valence-corrected chi connectivity index (χ0v) is 22.5. The molecule has 35 heavy (non-hydrogen) atoms. The summed E-state index contributed by atoms with van der Waals surface area (Å²) >= 11 is 0.287. The second-order valence-electron chi connectivity index (χ2n) is 9.30. The van der Waals surface area contributed by atoms with Crippen LogP contribution in [0.1, 0.15) is 45.1 Å². The molecule has 4 nitrogen and oxygen atoms in total. The normalized spacial score (nSPS) is 11.3. The monoisotopic (exact) mass is 534 g/mol. The van der Waals surface area contributed by atoms with Crippen LogP contribution >= 0.6 is 0 Å². The summed E-state index contributed by atoms with van der Waals surface area (Å²) in [5, 5.41) is 14.2. The summed E-state index contributed by atoms with van der Waals surface area (Å²) in [6, 6.07) is 25.4. The Morgan fingerprint density at radius 1 is 0.943 bits per heavy atom. The molecule has 0 aliphatic rings. The summed E-state index contributed by atoms with van der Waals surface area (Å²) < 4.78 is 5.11. The molecule has 3 aromatic carbocycles. The van der Waals surface area contributed by atoms with Crippen LogP contribution in [0.5, 0.6) is 5.75 Å². The van der Waals surface area contributed by atoms with Crippen molar-refractivity contribution in [1.29, 1.82) is 0 Å². The molecular formula is C30H34N2O2Se. The van der Waals surface area contributed by atoms with Crippen LogP contribution in [0.15, 0.2) is 72.8 Å². The molecule has 0 unspecified atom stereocenters. The molecule has 4 aromatic rings. The number of phenolic OH excluding ortho intramolecular Hbond substituents is 1. The quantitative estimate of drug-likeness (QED) is 0.221. The number of aryl methyl sites for hydroxylation is 2. The SMILES string of the molecule is Cc1c(-c2ccc([Se]c3ccccc3)cc2)n(CCCCCC(=O)NC(C)C)c2ccc(O)cc12. The van der Waals surface area contributed by atoms with E-state index in [-0.39, 0.29) is 26.9 Å². The Labute approximate surface area is 214 Å². The molecular weight excluding hydrogens is 499 g/mol. The van der Waals surface area contributed by atoms with E-state index >= 15 is 0 Å². The fourth-order valence-electron chi connectivity index (χ4n) is 4.55. The molecule has 1 aromatic heterocycles. The summed E-state index contributed by atoms with van der Waals surface area (Å²) in [5.74, 6) is 0.428. The third-order valence-electron chi connectivity index (χ3n) is 6.14. The van der Waals surface area contributed by atoms with Gasteiger partial charge in [-0.15, -0.1) is 0 Å². The Balaban J connectivity index is 1.53. The van der Waals surface area contributed by atoms with Crippen molar-refractivity contribution in [2.45, 2.75) is 59.0 Å². The maximum atomic E-state index is 11.9. The second kappa shape index (κ2) is 11.6. The van der Waals surface area contributed by atoms with Gasteiger partial charge in [0, 0.05) is 6.04 Å². The van der Waals surface area contributed by atoms with Crippen molar-refractivity contribution in [3.8, 4) is 17.0 Å². The van der Waals surface area contributed by atoms with Gasteiger partial charge in [-0.05, 0) is 13.8 Å². The number of carbonyl (C=O) groups is 1. The van der Waals surface area contributed by atoms with E-state index < -0.39 is 0 Å². The molecule has 4 rings (SSSR count). The Morgan fingerprint density at radius 3 is 2.37 bits per heavy atom. The number of nitrogens with zero attached hydrogens (tertiary/aromatic N) is 1. The van der Waals surface area contributed by atoms with Gasteiger partial charge in [-0.3, -0.25) is 4.79 Å². The number of aromatic hydroxyl groups is 1. The van der Waals surface area contributed by atoms with Gasteiger partial charge in [0.1, 0.15) is 0 Å². The second-order valence-corrected chi connectivity index (χ2v) is 11.7. The number of phenols is 1. The fourth-order valence-corrected chi connectivity index (χ4v) is 6.30. The van der Waals surface area contributed by atoms with Crippen LogP contribution in [0, 0.1) is 6.92 Å². The van der Waals surface area contributed by atoms with Crippen LogP contribution in [-0.2, 0) is 11.3 Å². The average Bonchev–Trinajstić information content (AvgIpc) is 3.10. The Morgan fingerprint density at radius 2 is 1.66 bits per heavy atom. The number of rotatable bonds is 10. The number of unbranched alkanes of at least 4 members (excludes halogenated alkanes) is 2. The van der Waals surface area contributed by atoms with Crippen molar-refractivity contribution >= 4 is 40.7 Å². The molecule has 0 atom stereocenters. The van der Waals surface area contributed by atoms with E-state index in [9.17, 15) is 9.90 Å². The Hall–Kier alpha value is -3.01. The van der Waals surface area contributed by atoms with E-state index in [0.29, 0.717) is 12.2 Å². The predicted octanol–water partition coefficient (Wildman–Crippen LogP) is 5.06. The third kappa shape index (κ3) is 6.36. The average molecular weight is 534 g/mol. The molecule has 0 aliphatic heterocycles. The van der Waals surface area contributed by atoms with Gasteiger partial charge in [0.05, 0.1) is 0 Å². The van der Waals surface area contributed by atoms with Gasteiger partial charge in [-0.25, -0.2) is 0 Å². The van der Waals surface area contributed by atoms with Crippen LogP contribution in [-0.4, -0.2) is 36.6 Å². The number of carbonyl (C=O) groups excluding carboxylic acids is 1. The maximum absolute atomic E-state index is 11.9. The van der Waals surface area contributed by atoms with E-state index in [0.717, 1.165) is 36.7 Å². The fraction of sp³-hybridized carbons (Fsp3) is 0.300. The summed E-state index contributed by atoms with van der Waals surface area (Å²) in [6.07, 6.45) is 3.47. The topological polar surface area (TPSA) is 54.3 Å². The van der Waals surface area contributed by atoms with Crippen molar-refractivity contribution in [1.82, 2.24) is 9.88 Å². The van der Waals surface area contributed by atoms with E-state index in [4.69, 9.17) is 0 Å². The van der Waals surface area contributed by atoms with Crippen molar-refractivity contribution < 1.29 is 9.90 Å². The molecule has 2 N–H and O–H groups in total. The minimum absolute atomic E-state index is 0.135. The molecule has 0 aliphatic carbocycles. The number of hydrogen-bond donors (Lipinski definition) is 2. The number of aromatic nitrogens is 1. The molecule has 0 saturated heterocycles. The van der Waals surface area contributed by atoms with Gasteiger partial charge in [0.2, 0.25) is 0 Å². The number of nitrogens with one attached hydrogen (secondary N) is 1. The van der Waals surface area contributed by atoms with E-state index in [1.54, 1.807) is 6.07 Å². The first-order chi connectivity index (χ1) is 16.9. The van der Waals surface area contributed by atoms with Gasteiger partial charge in [0.15, 0.2) is 0 Å². The minimum atomic E-state index is 0.135. The summed E-state index contributed by atoms with van der Waals surface area (Å²) in [5.41, 5.74) is 4.74. The molecule has 1 heterocycles. The van der Waals surface area contributed by atoms with Crippen LogP contribution in [0.25, 0.3) is 22.2 Å². The number of amides is 1. The predicted molar refractivity (Wildman–Crippen MR) is 147 cm³/mol. The first-order valence-electron chi connectivity index (χ1n) is 12.4. The Bertz CT molecular complexity index is 1280. The van der Waals surface area contributed by atoms with Crippen LogP contribution < -0.4 is 14.2 Å². The molecule has 5 heteroatoms. The van der Waals surface area contributed by atoms with Crippen LogP contribution in [0.2, 0.25) is 0 Å².